The molecule has 4 aromatic rings. The number of hydrogen-bond donors (Lipinski definition) is 0. The van der Waals surface area contributed by atoms with Gasteiger partial charge in [-0.25, -0.2) is 9.97 Å². The van der Waals surface area contributed by atoms with E-state index in [-0.39, 0.29) is 0 Å². The van der Waals surface area contributed by atoms with Crippen LogP contribution >= 0.6 is 0 Å². The Labute approximate surface area is 144 Å². The maximum Gasteiger partial charge on any atom is 0.196 e. The fraction of sp³-hybridized carbons (Fsp3) is 0.200. The number of anilines is 1. The van der Waals surface area contributed by atoms with Crippen LogP contribution in [0.2, 0.25) is 0 Å². The van der Waals surface area contributed by atoms with Gasteiger partial charge in [0.1, 0.15) is 11.1 Å². The van der Waals surface area contributed by atoms with Crippen molar-refractivity contribution in [3.8, 4) is 11.4 Å². The van der Waals surface area contributed by atoms with E-state index < -0.39 is 0 Å². The summed E-state index contributed by atoms with van der Waals surface area (Å²) in [5, 5.41) is 1.02. The Hall–Kier alpha value is -2.92. The lowest BCUT2D eigenvalue weighted by Crippen LogP contribution is -2.37. The second-order valence-electron chi connectivity index (χ2n) is 6.11. The third-order valence-electron chi connectivity index (χ3n) is 4.54. The van der Waals surface area contributed by atoms with E-state index >= 15 is 0 Å². The Bertz CT molecular complexity index is 1040. The van der Waals surface area contributed by atoms with Gasteiger partial charge in [0.25, 0.3) is 0 Å². The molecule has 2 aromatic heterocycles. The predicted molar refractivity (Wildman–Crippen MR) is 97.8 cm³/mol. The quantitative estimate of drug-likeness (QED) is 0.558. The normalized spacial score (nSPS) is 15.1. The van der Waals surface area contributed by atoms with Crippen molar-refractivity contribution in [1.29, 1.82) is 0 Å². The van der Waals surface area contributed by atoms with Gasteiger partial charge in [-0.05, 0) is 12.1 Å². The molecular weight excluding hydrogens is 314 g/mol. The molecule has 0 atom stereocenters. The fourth-order valence-electron chi connectivity index (χ4n) is 3.28. The van der Waals surface area contributed by atoms with E-state index in [1.807, 2.05) is 54.6 Å². The SMILES string of the molecule is c1ccc(-c2nc(N3CCOCC3)c3oc4ccccc4c3n2)cc1. The maximum atomic E-state index is 6.12. The molecule has 0 saturated carbocycles. The van der Waals surface area contributed by atoms with Crippen LogP contribution in [0.5, 0.6) is 0 Å². The van der Waals surface area contributed by atoms with Crippen LogP contribution in [0.25, 0.3) is 33.5 Å². The second kappa shape index (κ2) is 5.86. The number of para-hydroxylation sites is 1. The highest BCUT2D eigenvalue weighted by Gasteiger charge is 2.22. The second-order valence-corrected chi connectivity index (χ2v) is 6.11. The third kappa shape index (κ3) is 2.44. The molecule has 0 amide bonds. The Morgan fingerprint density at radius 3 is 2.44 bits per heavy atom. The topological polar surface area (TPSA) is 51.4 Å². The number of morpholine rings is 1. The van der Waals surface area contributed by atoms with Crippen molar-refractivity contribution in [2.45, 2.75) is 0 Å². The van der Waals surface area contributed by atoms with Crippen molar-refractivity contribution in [2.75, 3.05) is 31.2 Å². The molecule has 0 N–H and O–H groups in total. The summed E-state index contributed by atoms with van der Waals surface area (Å²) in [5.74, 6) is 1.57. The van der Waals surface area contributed by atoms with Gasteiger partial charge in [0.2, 0.25) is 0 Å². The van der Waals surface area contributed by atoms with Crippen molar-refractivity contribution >= 4 is 27.9 Å². The van der Waals surface area contributed by atoms with E-state index in [0.29, 0.717) is 13.2 Å². The van der Waals surface area contributed by atoms with E-state index in [4.69, 9.17) is 19.1 Å². The van der Waals surface area contributed by atoms with Gasteiger partial charge in [-0.15, -0.1) is 0 Å². The van der Waals surface area contributed by atoms with Crippen LogP contribution in [0.4, 0.5) is 5.82 Å². The zero-order valence-electron chi connectivity index (χ0n) is 13.7. The van der Waals surface area contributed by atoms with Gasteiger partial charge < -0.3 is 14.1 Å². The van der Waals surface area contributed by atoms with Crippen LogP contribution < -0.4 is 4.90 Å². The lowest BCUT2D eigenvalue weighted by Gasteiger charge is -2.27. The zero-order valence-corrected chi connectivity index (χ0v) is 13.7. The minimum absolute atomic E-state index is 0.701. The molecule has 0 radical (unpaired) electrons. The molecule has 0 bridgehead atoms. The smallest absolute Gasteiger partial charge is 0.196 e. The zero-order chi connectivity index (χ0) is 16.6. The van der Waals surface area contributed by atoms with Crippen molar-refractivity contribution in [3.63, 3.8) is 0 Å². The highest BCUT2D eigenvalue weighted by Crippen LogP contribution is 2.34. The number of rotatable bonds is 2. The minimum atomic E-state index is 0.701. The molecule has 25 heavy (non-hydrogen) atoms. The summed E-state index contributed by atoms with van der Waals surface area (Å²) in [5.41, 5.74) is 3.46. The number of nitrogens with zero attached hydrogens (tertiary/aromatic N) is 3. The first kappa shape index (κ1) is 14.4. The molecule has 1 saturated heterocycles. The Morgan fingerprint density at radius 2 is 1.60 bits per heavy atom. The molecule has 3 heterocycles. The Morgan fingerprint density at radius 1 is 0.840 bits per heavy atom. The Kier molecular flexibility index (Phi) is 3.38. The summed E-state index contributed by atoms with van der Waals surface area (Å²) in [6.45, 7) is 3.01. The number of hydrogen-bond acceptors (Lipinski definition) is 5. The lowest BCUT2D eigenvalue weighted by atomic mass is 10.2. The number of benzene rings is 2. The van der Waals surface area contributed by atoms with Gasteiger partial charge in [0, 0.05) is 24.0 Å². The van der Waals surface area contributed by atoms with Crippen LogP contribution in [0.1, 0.15) is 0 Å². The first-order chi connectivity index (χ1) is 12.4. The predicted octanol–water partition coefficient (Wildman–Crippen LogP) is 3.88. The molecule has 5 heteroatoms. The summed E-state index contributed by atoms with van der Waals surface area (Å²) >= 11 is 0. The van der Waals surface area contributed by atoms with Crippen molar-refractivity contribution in [2.24, 2.45) is 0 Å². The summed E-state index contributed by atoms with van der Waals surface area (Å²) in [7, 11) is 0. The van der Waals surface area contributed by atoms with Gasteiger partial charge >= 0.3 is 0 Å². The number of fused-ring (bicyclic) bond motifs is 3. The van der Waals surface area contributed by atoms with Crippen molar-refractivity contribution < 1.29 is 9.15 Å². The summed E-state index contributed by atoms with van der Waals surface area (Å²) in [6, 6.07) is 18.1. The first-order valence-electron chi connectivity index (χ1n) is 8.47. The van der Waals surface area contributed by atoms with Crippen LogP contribution in [0.3, 0.4) is 0 Å². The van der Waals surface area contributed by atoms with Gasteiger partial charge in [-0.3, -0.25) is 0 Å². The van der Waals surface area contributed by atoms with E-state index in [0.717, 1.165) is 52.4 Å². The standard InChI is InChI=1S/C20H17N3O2/c1-2-6-14(7-3-1)19-21-17-15-8-4-5-9-16(15)25-18(17)20(22-19)23-10-12-24-13-11-23/h1-9H,10-13H2. The van der Waals surface area contributed by atoms with Crippen LogP contribution in [0.15, 0.2) is 59.0 Å². The van der Waals surface area contributed by atoms with Crippen LogP contribution in [-0.4, -0.2) is 36.3 Å². The number of furan rings is 1. The average Bonchev–Trinajstić information content (AvgIpc) is 3.07. The van der Waals surface area contributed by atoms with Crippen LogP contribution in [-0.2, 0) is 4.74 Å². The molecule has 1 fully saturated rings. The number of ether oxygens (including phenoxy) is 1. The lowest BCUT2D eigenvalue weighted by molar-refractivity contribution is 0.122. The third-order valence-corrected chi connectivity index (χ3v) is 4.54. The molecule has 0 spiro atoms. The first-order valence-corrected chi connectivity index (χ1v) is 8.47. The van der Waals surface area contributed by atoms with Crippen molar-refractivity contribution in [1.82, 2.24) is 9.97 Å². The van der Waals surface area contributed by atoms with E-state index in [2.05, 4.69) is 4.90 Å². The molecule has 0 aliphatic carbocycles. The molecule has 2 aromatic carbocycles. The highest BCUT2D eigenvalue weighted by atomic mass is 16.5. The van der Waals surface area contributed by atoms with Gasteiger partial charge in [0.05, 0.1) is 13.2 Å². The average molecular weight is 331 g/mol. The summed E-state index contributed by atoms with van der Waals surface area (Å²) in [6.07, 6.45) is 0. The molecule has 0 unspecified atom stereocenters. The number of aromatic nitrogens is 2. The van der Waals surface area contributed by atoms with E-state index in [1.54, 1.807) is 0 Å². The summed E-state index contributed by atoms with van der Waals surface area (Å²) in [4.78, 5) is 11.9. The molecule has 1 aliphatic heterocycles. The molecular formula is C20H17N3O2. The maximum absolute atomic E-state index is 6.12. The van der Waals surface area contributed by atoms with E-state index in [1.165, 1.54) is 0 Å². The highest BCUT2D eigenvalue weighted by molar-refractivity contribution is 6.06. The van der Waals surface area contributed by atoms with Crippen molar-refractivity contribution in [3.05, 3.63) is 54.6 Å². The van der Waals surface area contributed by atoms with Gasteiger partial charge in [-0.2, -0.15) is 0 Å². The molecule has 5 nitrogen and oxygen atoms in total. The molecule has 5 rings (SSSR count). The van der Waals surface area contributed by atoms with E-state index in [9.17, 15) is 0 Å². The summed E-state index contributed by atoms with van der Waals surface area (Å²) < 4.78 is 11.6. The largest absolute Gasteiger partial charge is 0.450 e. The molecule has 1 aliphatic rings. The van der Waals surface area contributed by atoms with Crippen LogP contribution in [0, 0.1) is 0 Å². The minimum Gasteiger partial charge on any atom is -0.450 e. The molecule has 124 valence electrons. The van der Waals surface area contributed by atoms with Gasteiger partial charge in [-0.1, -0.05) is 42.5 Å². The Balaban J connectivity index is 1.80. The fourth-order valence-corrected chi connectivity index (χ4v) is 3.28. The van der Waals surface area contributed by atoms with Gasteiger partial charge in [0.15, 0.2) is 17.2 Å². The monoisotopic (exact) mass is 331 g/mol.